The highest BCUT2D eigenvalue weighted by molar-refractivity contribution is 5.79. The smallest absolute Gasteiger partial charge is 0.303 e. The van der Waals surface area contributed by atoms with Gasteiger partial charge in [0.25, 0.3) is 0 Å². The van der Waals surface area contributed by atoms with Crippen molar-refractivity contribution in [3.05, 3.63) is 0 Å². The third-order valence-electron chi connectivity index (χ3n) is 10.1. The van der Waals surface area contributed by atoms with Crippen molar-refractivity contribution in [1.82, 2.24) is 0 Å². The molecular formula is C24H38O3. The molecule has 4 fully saturated rings. The molecule has 0 aliphatic heterocycles. The average Bonchev–Trinajstić information content (AvgIpc) is 2.97. The lowest BCUT2D eigenvalue weighted by molar-refractivity contribution is -0.140. The number of carbonyl (C=O) groups is 2. The highest BCUT2D eigenvalue weighted by Crippen LogP contribution is 2.68. The highest BCUT2D eigenvalue weighted by atomic mass is 16.4. The van der Waals surface area contributed by atoms with Crippen molar-refractivity contribution in [1.29, 1.82) is 0 Å². The molecule has 0 amide bonds. The number of rotatable bonds is 4. The molecule has 0 aromatic rings. The Morgan fingerprint density at radius 3 is 2.56 bits per heavy atom. The molecule has 27 heavy (non-hydrogen) atoms. The van der Waals surface area contributed by atoms with Crippen LogP contribution >= 0.6 is 0 Å². The van der Waals surface area contributed by atoms with E-state index < -0.39 is 5.97 Å². The van der Waals surface area contributed by atoms with Gasteiger partial charge in [0.2, 0.25) is 0 Å². The maximum atomic E-state index is 12.0. The van der Waals surface area contributed by atoms with Gasteiger partial charge in [0.1, 0.15) is 5.78 Å². The Labute approximate surface area is 164 Å². The Morgan fingerprint density at radius 1 is 1.07 bits per heavy atom. The highest BCUT2D eigenvalue weighted by Gasteiger charge is 2.60. The Balaban J connectivity index is 1.52. The van der Waals surface area contributed by atoms with Gasteiger partial charge in [-0.25, -0.2) is 0 Å². The molecule has 0 aromatic carbocycles. The van der Waals surface area contributed by atoms with Gasteiger partial charge < -0.3 is 5.11 Å². The third-order valence-corrected chi connectivity index (χ3v) is 10.1. The monoisotopic (exact) mass is 374 g/mol. The normalized spacial score (nSPS) is 47.7. The fourth-order valence-electron chi connectivity index (χ4n) is 8.57. The Morgan fingerprint density at radius 2 is 1.81 bits per heavy atom. The van der Waals surface area contributed by atoms with E-state index >= 15 is 0 Å². The molecule has 0 saturated heterocycles. The van der Waals surface area contributed by atoms with E-state index in [-0.39, 0.29) is 0 Å². The lowest BCUT2D eigenvalue weighted by atomic mass is 9.44. The SMILES string of the molecule is C[C@H](CCC(=O)O)[C@H]1CCC2C3CC[C@@H]4CC(=O)CC[C@]4(C)C3CC[C@@]21C. The standard InChI is InChI=1S/C24H38O3/c1-15(4-9-22(26)27)19-7-8-20-18-6-5-16-14-17(25)10-12-23(16,2)21(18)11-13-24(19,20)3/h15-16,18-21H,4-14H2,1-3H3,(H,26,27)/t15-,16-,18?,19-,20?,21?,23+,24-/m1/s1. The molecule has 4 rings (SSSR count). The van der Waals surface area contributed by atoms with Crippen LogP contribution in [0.15, 0.2) is 0 Å². The molecule has 4 saturated carbocycles. The minimum absolute atomic E-state index is 0.318. The predicted molar refractivity (Wildman–Crippen MR) is 106 cm³/mol. The molecule has 3 nitrogen and oxygen atoms in total. The molecule has 152 valence electrons. The van der Waals surface area contributed by atoms with E-state index in [0.717, 1.165) is 43.4 Å². The molecule has 0 aromatic heterocycles. The van der Waals surface area contributed by atoms with Gasteiger partial charge in [0, 0.05) is 19.3 Å². The van der Waals surface area contributed by atoms with E-state index in [1.165, 1.54) is 38.5 Å². The molecule has 4 aliphatic carbocycles. The van der Waals surface area contributed by atoms with Crippen LogP contribution in [0.4, 0.5) is 0 Å². The van der Waals surface area contributed by atoms with Gasteiger partial charge in [-0.2, -0.15) is 0 Å². The van der Waals surface area contributed by atoms with Gasteiger partial charge in [0.05, 0.1) is 0 Å². The summed E-state index contributed by atoms with van der Waals surface area (Å²) in [5.74, 6) is 4.19. The summed E-state index contributed by atoms with van der Waals surface area (Å²) in [6.07, 6.45) is 11.8. The van der Waals surface area contributed by atoms with Crippen molar-refractivity contribution in [2.75, 3.05) is 0 Å². The Bertz CT molecular complexity index is 613. The van der Waals surface area contributed by atoms with Crippen molar-refractivity contribution in [2.24, 2.45) is 46.3 Å². The van der Waals surface area contributed by atoms with Gasteiger partial charge in [0.15, 0.2) is 0 Å². The van der Waals surface area contributed by atoms with Crippen LogP contribution in [-0.2, 0) is 9.59 Å². The maximum absolute atomic E-state index is 12.0. The predicted octanol–water partition coefficient (Wildman–Crippen LogP) is 5.72. The summed E-state index contributed by atoms with van der Waals surface area (Å²) in [7, 11) is 0. The molecule has 0 bridgehead atoms. The fraction of sp³-hybridized carbons (Fsp3) is 0.917. The van der Waals surface area contributed by atoms with Gasteiger partial charge in [-0.15, -0.1) is 0 Å². The fourth-order valence-corrected chi connectivity index (χ4v) is 8.57. The second kappa shape index (κ2) is 6.88. The molecule has 0 heterocycles. The van der Waals surface area contributed by atoms with Crippen LogP contribution in [0.1, 0.15) is 91.4 Å². The summed E-state index contributed by atoms with van der Waals surface area (Å²) in [5, 5.41) is 9.09. The first-order valence-corrected chi connectivity index (χ1v) is 11.5. The zero-order valence-corrected chi connectivity index (χ0v) is 17.5. The number of fused-ring (bicyclic) bond motifs is 5. The van der Waals surface area contributed by atoms with Gasteiger partial charge >= 0.3 is 5.97 Å². The van der Waals surface area contributed by atoms with E-state index in [1.54, 1.807) is 0 Å². The second-order valence-electron chi connectivity index (χ2n) is 11.0. The number of Topliss-reactive ketones (excluding diaryl/α,β-unsaturated/α-hetero) is 1. The van der Waals surface area contributed by atoms with E-state index in [4.69, 9.17) is 5.11 Å². The number of carboxylic acids is 1. The van der Waals surface area contributed by atoms with Gasteiger partial charge in [-0.3, -0.25) is 9.59 Å². The molecule has 3 heteroatoms. The lowest BCUT2D eigenvalue weighted by Gasteiger charge is -2.60. The van der Waals surface area contributed by atoms with Crippen LogP contribution in [0.5, 0.6) is 0 Å². The van der Waals surface area contributed by atoms with Crippen molar-refractivity contribution >= 4 is 11.8 Å². The minimum Gasteiger partial charge on any atom is -0.481 e. The summed E-state index contributed by atoms with van der Waals surface area (Å²) in [5.41, 5.74) is 0.804. The quantitative estimate of drug-likeness (QED) is 0.685. The Kier molecular flexibility index (Phi) is 4.96. The van der Waals surface area contributed by atoms with Crippen LogP contribution < -0.4 is 0 Å². The van der Waals surface area contributed by atoms with Crippen LogP contribution in [-0.4, -0.2) is 16.9 Å². The average molecular weight is 375 g/mol. The Hall–Kier alpha value is -0.860. The zero-order valence-electron chi connectivity index (χ0n) is 17.5. The third kappa shape index (κ3) is 3.08. The zero-order chi connectivity index (χ0) is 19.4. The van der Waals surface area contributed by atoms with E-state index in [0.29, 0.717) is 40.8 Å². The van der Waals surface area contributed by atoms with Crippen molar-refractivity contribution in [3.8, 4) is 0 Å². The van der Waals surface area contributed by atoms with Crippen LogP contribution in [0.25, 0.3) is 0 Å². The first-order chi connectivity index (χ1) is 12.8. The lowest BCUT2D eigenvalue weighted by Crippen LogP contribution is -2.53. The molecule has 3 unspecified atom stereocenters. The van der Waals surface area contributed by atoms with Crippen molar-refractivity contribution in [2.45, 2.75) is 91.4 Å². The molecule has 0 radical (unpaired) electrons. The van der Waals surface area contributed by atoms with E-state index in [1.807, 2.05) is 0 Å². The number of hydrogen-bond acceptors (Lipinski definition) is 2. The van der Waals surface area contributed by atoms with Crippen molar-refractivity contribution < 1.29 is 14.7 Å². The second-order valence-corrected chi connectivity index (χ2v) is 11.0. The molecular weight excluding hydrogens is 336 g/mol. The maximum Gasteiger partial charge on any atom is 0.303 e. The van der Waals surface area contributed by atoms with E-state index in [9.17, 15) is 9.59 Å². The topological polar surface area (TPSA) is 54.4 Å². The number of ketones is 1. The van der Waals surface area contributed by atoms with Crippen LogP contribution in [0, 0.1) is 46.3 Å². The first kappa shape index (κ1) is 19.5. The number of carboxylic acid groups (broad SMARTS) is 1. The molecule has 0 spiro atoms. The van der Waals surface area contributed by atoms with Crippen LogP contribution in [0.3, 0.4) is 0 Å². The molecule has 1 N–H and O–H groups in total. The summed E-state index contributed by atoms with van der Waals surface area (Å²) >= 11 is 0. The summed E-state index contributed by atoms with van der Waals surface area (Å²) < 4.78 is 0. The van der Waals surface area contributed by atoms with Crippen molar-refractivity contribution in [3.63, 3.8) is 0 Å². The molecule has 4 aliphatic rings. The minimum atomic E-state index is -0.650. The van der Waals surface area contributed by atoms with Crippen LogP contribution in [0.2, 0.25) is 0 Å². The number of aliphatic carboxylic acids is 1. The number of hydrogen-bond donors (Lipinski definition) is 1. The largest absolute Gasteiger partial charge is 0.481 e. The van der Waals surface area contributed by atoms with Gasteiger partial charge in [-0.05, 0) is 97.7 Å². The molecule has 8 atom stereocenters. The summed E-state index contributed by atoms with van der Waals surface area (Å²) in [4.78, 5) is 23.1. The first-order valence-electron chi connectivity index (χ1n) is 11.5. The van der Waals surface area contributed by atoms with E-state index in [2.05, 4.69) is 20.8 Å². The summed E-state index contributed by atoms with van der Waals surface area (Å²) in [6, 6.07) is 0. The van der Waals surface area contributed by atoms with Gasteiger partial charge in [-0.1, -0.05) is 20.8 Å². The number of carbonyl (C=O) groups excluding carboxylic acids is 1. The summed E-state index contributed by atoms with van der Waals surface area (Å²) in [6.45, 7) is 7.37.